The molecule has 1 saturated carbocycles. The molecule has 0 unspecified atom stereocenters. The van der Waals surface area contributed by atoms with Gasteiger partial charge < -0.3 is 19.1 Å². The molecule has 6 nitrogen and oxygen atoms in total. The predicted molar refractivity (Wildman–Crippen MR) is 135 cm³/mol. The average Bonchev–Trinajstić information content (AvgIpc) is 2.90. The minimum atomic E-state index is 0.133. The largest absolute Gasteiger partial charge is 0.370 e. The quantitative estimate of drug-likeness (QED) is 0.738. The molecule has 1 N–H and O–H groups in total. The zero-order chi connectivity index (χ0) is 23.8. The van der Waals surface area contributed by atoms with Crippen molar-refractivity contribution < 1.29 is 14.4 Å². The summed E-state index contributed by atoms with van der Waals surface area (Å²) in [7, 11) is 0. The maximum absolute atomic E-state index is 13.8. The van der Waals surface area contributed by atoms with Gasteiger partial charge in [0.05, 0.1) is 13.2 Å². The van der Waals surface area contributed by atoms with Gasteiger partial charge >= 0.3 is 0 Å². The Balaban J connectivity index is 1.26. The summed E-state index contributed by atoms with van der Waals surface area (Å²) in [6, 6.07) is 12.6. The Bertz CT molecular complexity index is 1130. The van der Waals surface area contributed by atoms with E-state index in [-0.39, 0.29) is 17.4 Å². The van der Waals surface area contributed by atoms with E-state index in [0.29, 0.717) is 11.8 Å². The van der Waals surface area contributed by atoms with E-state index in [1.165, 1.54) is 29.7 Å². The van der Waals surface area contributed by atoms with Gasteiger partial charge in [0, 0.05) is 48.3 Å². The first-order chi connectivity index (χ1) is 17.2. The number of piperidine rings is 1. The third kappa shape index (κ3) is 4.58. The monoisotopic (exact) mass is 476 g/mol. The van der Waals surface area contributed by atoms with Gasteiger partial charge in [0.1, 0.15) is 19.6 Å². The summed E-state index contributed by atoms with van der Waals surface area (Å²) in [6.07, 6.45) is 6.83. The van der Waals surface area contributed by atoms with Crippen molar-refractivity contribution in [1.82, 2.24) is 9.47 Å². The van der Waals surface area contributed by atoms with Gasteiger partial charge in [0.15, 0.2) is 0 Å². The first-order valence-electron chi connectivity index (χ1n) is 13.7. The molecule has 6 rings (SSSR count). The van der Waals surface area contributed by atoms with Crippen LogP contribution in [0.5, 0.6) is 0 Å². The fourth-order valence-corrected chi connectivity index (χ4v) is 6.98. The Morgan fingerprint density at radius 1 is 0.943 bits per heavy atom. The van der Waals surface area contributed by atoms with E-state index in [2.05, 4.69) is 29.2 Å². The van der Waals surface area contributed by atoms with E-state index >= 15 is 0 Å². The highest BCUT2D eigenvalue weighted by molar-refractivity contribution is 5.79. The van der Waals surface area contributed by atoms with Gasteiger partial charge in [-0.15, -0.1) is 0 Å². The maximum atomic E-state index is 13.8. The smallest absolute Gasteiger partial charge is 0.258 e. The summed E-state index contributed by atoms with van der Waals surface area (Å²) in [4.78, 5) is 30.7. The van der Waals surface area contributed by atoms with Crippen LogP contribution >= 0.6 is 0 Å². The molecule has 2 bridgehead atoms. The van der Waals surface area contributed by atoms with Crippen molar-refractivity contribution in [3.8, 4) is 11.1 Å². The molecule has 3 aliphatic heterocycles. The molecule has 1 aromatic heterocycles. The molecule has 2 saturated heterocycles. The van der Waals surface area contributed by atoms with Gasteiger partial charge in [-0.2, -0.15) is 0 Å². The Labute approximate surface area is 207 Å². The number of nitrogens with zero attached hydrogens (tertiary/aromatic N) is 2. The molecule has 1 aliphatic carbocycles. The van der Waals surface area contributed by atoms with Crippen LogP contribution in [-0.4, -0.2) is 54.8 Å². The molecular formula is C29H38N3O3+. The molecule has 4 heterocycles. The topological polar surface area (TPSA) is 56.0 Å². The van der Waals surface area contributed by atoms with Crippen molar-refractivity contribution in [1.29, 1.82) is 0 Å². The molecular weight excluding hydrogens is 438 g/mol. The molecule has 0 radical (unpaired) electrons. The van der Waals surface area contributed by atoms with Crippen LogP contribution in [0.15, 0.2) is 41.2 Å². The first-order valence-corrected chi connectivity index (χ1v) is 13.7. The van der Waals surface area contributed by atoms with E-state index in [4.69, 9.17) is 4.74 Å². The molecule has 2 atom stereocenters. The lowest BCUT2D eigenvalue weighted by Crippen LogP contribution is -3.12. The molecule has 35 heavy (non-hydrogen) atoms. The number of aromatic nitrogens is 1. The Kier molecular flexibility index (Phi) is 6.50. The number of benzene rings is 1. The number of quaternary nitrogens is 1. The van der Waals surface area contributed by atoms with Crippen molar-refractivity contribution in [2.75, 3.05) is 39.4 Å². The summed E-state index contributed by atoms with van der Waals surface area (Å²) in [6.45, 7) is 6.85. The summed E-state index contributed by atoms with van der Waals surface area (Å²) < 4.78 is 7.56. The summed E-state index contributed by atoms with van der Waals surface area (Å²) >= 11 is 0. The first kappa shape index (κ1) is 23.0. The number of hydrogen-bond acceptors (Lipinski definition) is 3. The molecule has 3 fully saturated rings. The van der Waals surface area contributed by atoms with Crippen molar-refractivity contribution in [2.24, 2.45) is 11.8 Å². The third-order valence-electron chi connectivity index (χ3n) is 8.82. The SMILES string of the molecule is O=C(C1CCCCC1)N1C[C@@H]2C[C@H](C1)c1ccc(-c3ccccc3C[NH+]3CCOCC3)c(=O)n1C2. The molecule has 6 heteroatoms. The number of morpholine rings is 1. The van der Waals surface area contributed by atoms with Crippen LogP contribution in [0.4, 0.5) is 0 Å². The number of likely N-dealkylation sites (tertiary alicyclic amines) is 1. The number of nitrogens with one attached hydrogen (secondary N) is 1. The zero-order valence-electron chi connectivity index (χ0n) is 20.7. The molecule has 4 aliphatic rings. The number of fused-ring (bicyclic) bond motifs is 4. The van der Waals surface area contributed by atoms with Crippen LogP contribution < -0.4 is 10.5 Å². The van der Waals surface area contributed by atoms with Gasteiger partial charge in [-0.1, -0.05) is 43.5 Å². The summed E-state index contributed by atoms with van der Waals surface area (Å²) in [5.74, 6) is 1.23. The lowest BCUT2D eigenvalue weighted by molar-refractivity contribution is -0.921. The maximum Gasteiger partial charge on any atom is 0.258 e. The van der Waals surface area contributed by atoms with Gasteiger partial charge in [0.2, 0.25) is 5.91 Å². The van der Waals surface area contributed by atoms with Crippen molar-refractivity contribution in [3.63, 3.8) is 0 Å². The Hall–Kier alpha value is -2.44. The highest BCUT2D eigenvalue weighted by Crippen LogP contribution is 2.37. The number of amides is 1. The van der Waals surface area contributed by atoms with Crippen molar-refractivity contribution >= 4 is 5.91 Å². The molecule has 1 aromatic carbocycles. The second-order valence-corrected chi connectivity index (χ2v) is 11.2. The van der Waals surface area contributed by atoms with Gasteiger partial charge in [-0.25, -0.2) is 0 Å². The zero-order valence-corrected chi connectivity index (χ0v) is 20.7. The Morgan fingerprint density at radius 2 is 1.74 bits per heavy atom. The van der Waals surface area contributed by atoms with Gasteiger partial charge in [-0.05, 0) is 42.9 Å². The van der Waals surface area contributed by atoms with Crippen LogP contribution in [0, 0.1) is 11.8 Å². The fourth-order valence-electron chi connectivity index (χ4n) is 6.98. The lowest BCUT2D eigenvalue weighted by atomic mass is 9.81. The highest BCUT2D eigenvalue weighted by Gasteiger charge is 2.38. The van der Waals surface area contributed by atoms with Gasteiger partial charge in [0.25, 0.3) is 5.56 Å². The summed E-state index contributed by atoms with van der Waals surface area (Å²) in [5, 5.41) is 0. The van der Waals surface area contributed by atoms with Crippen LogP contribution in [0.3, 0.4) is 0 Å². The number of pyridine rings is 1. The number of carbonyl (C=O) groups is 1. The van der Waals surface area contributed by atoms with Gasteiger partial charge in [-0.3, -0.25) is 9.59 Å². The standard InChI is InChI=1S/C29H37N3O3/c33-28(22-6-2-1-3-7-22)31-17-21-16-24(20-31)27-11-10-26(29(34)32(27)18-21)25-9-5-4-8-23(25)19-30-12-14-35-15-13-30/h4-5,8-11,21-22,24H,1-3,6-7,12-20H2/p+1/t21-,24+/m0/s1. The van der Waals surface area contributed by atoms with E-state index < -0.39 is 0 Å². The van der Waals surface area contributed by atoms with E-state index in [1.54, 1.807) is 0 Å². The lowest BCUT2D eigenvalue weighted by Gasteiger charge is -2.44. The van der Waals surface area contributed by atoms with Crippen LogP contribution in [0.25, 0.3) is 11.1 Å². The number of ether oxygens (including phenoxy) is 1. The minimum absolute atomic E-state index is 0.133. The second-order valence-electron chi connectivity index (χ2n) is 11.2. The van der Waals surface area contributed by atoms with E-state index in [0.717, 1.165) is 88.6 Å². The number of hydrogen-bond donors (Lipinski definition) is 1. The summed E-state index contributed by atoms with van der Waals surface area (Å²) in [5.41, 5.74) is 4.37. The third-order valence-corrected chi connectivity index (χ3v) is 8.82. The highest BCUT2D eigenvalue weighted by atomic mass is 16.5. The molecule has 0 spiro atoms. The molecule has 186 valence electrons. The van der Waals surface area contributed by atoms with E-state index in [1.807, 2.05) is 16.7 Å². The minimum Gasteiger partial charge on any atom is -0.370 e. The normalized spacial score (nSPS) is 25.3. The second kappa shape index (κ2) is 9.90. The molecule has 1 amide bonds. The number of carbonyl (C=O) groups excluding carboxylic acids is 1. The van der Waals surface area contributed by atoms with Crippen LogP contribution in [0.1, 0.15) is 55.7 Å². The van der Waals surface area contributed by atoms with Crippen LogP contribution in [0.2, 0.25) is 0 Å². The average molecular weight is 477 g/mol. The Morgan fingerprint density at radius 3 is 2.57 bits per heavy atom. The van der Waals surface area contributed by atoms with Crippen LogP contribution in [-0.2, 0) is 22.6 Å². The van der Waals surface area contributed by atoms with E-state index in [9.17, 15) is 9.59 Å². The number of rotatable bonds is 4. The fraction of sp³-hybridized carbons (Fsp3) is 0.586. The predicted octanol–water partition coefficient (Wildman–Crippen LogP) is 2.46. The van der Waals surface area contributed by atoms with Crippen molar-refractivity contribution in [2.45, 2.75) is 57.5 Å². The molecule has 2 aromatic rings. The van der Waals surface area contributed by atoms with Crippen molar-refractivity contribution in [3.05, 3.63) is 58.0 Å².